The summed E-state index contributed by atoms with van der Waals surface area (Å²) < 4.78 is 2.23. The van der Waals surface area contributed by atoms with Crippen molar-refractivity contribution >= 4 is 23.4 Å². The number of fused-ring (bicyclic) bond motifs is 3. The van der Waals surface area contributed by atoms with Crippen molar-refractivity contribution in [2.24, 2.45) is 17.9 Å². The van der Waals surface area contributed by atoms with Gasteiger partial charge < -0.3 is 20.0 Å². The summed E-state index contributed by atoms with van der Waals surface area (Å²) >= 11 is 0. The zero-order chi connectivity index (χ0) is 28.1. The number of rotatable bonds is 9. The number of nitrogens with one attached hydrogen (secondary N) is 2. The average Bonchev–Trinajstić information content (AvgIpc) is 3.64. The Kier molecular flexibility index (Phi) is 6.86. The molecule has 0 unspecified atom stereocenters. The molecule has 2 N–H and O–H groups in total. The number of aromatic nitrogens is 2. The summed E-state index contributed by atoms with van der Waals surface area (Å²) in [4.78, 5) is 19.3. The highest BCUT2D eigenvalue weighted by Crippen LogP contribution is 2.62. The topological polar surface area (TPSA) is 62.2 Å². The summed E-state index contributed by atoms with van der Waals surface area (Å²) in [5.41, 5.74) is 10.8. The monoisotopic (exact) mass is 537 g/mol. The van der Waals surface area contributed by atoms with E-state index >= 15 is 0 Å². The lowest BCUT2D eigenvalue weighted by molar-refractivity contribution is -0.115. The fourth-order valence-corrected chi connectivity index (χ4v) is 7.79. The number of hydrogen-bond donors (Lipinski definition) is 2. The molecule has 6 nitrogen and oxygen atoms in total. The van der Waals surface area contributed by atoms with Crippen molar-refractivity contribution in [2.75, 3.05) is 30.8 Å². The van der Waals surface area contributed by atoms with Gasteiger partial charge in [0.15, 0.2) is 5.82 Å². The summed E-state index contributed by atoms with van der Waals surface area (Å²) in [7, 11) is 4.09. The Hall–Kier alpha value is -3.38. The van der Waals surface area contributed by atoms with E-state index in [9.17, 15) is 4.79 Å². The first-order valence-electron chi connectivity index (χ1n) is 14.8. The second kappa shape index (κ2) is 10.2. The smallest absolute Gasteiger partial charge is 0.156 e. The number of nitrogens with zero attached hydrogens (tertiary/aromatic N) is 3. The molecule has 210 valence electrons. The number of carbonyl (C=O) groups is 1. The molecule has 2 saturated carbocycles. The molecule has 0 spiro atoms. The molecule has 2 fully saturated rings. The van der Waals surface area contributed by atoms with Crippen molar-refractivity contribution in [1.29, 1.82) is 0 Å². The van der Waals surface area contributed by atoms with Gasteiger partial charge in [0, 0.05) is 56.1 Å². The van der Waals surface area contributed by atoms with Gasteiger partial charge in [0.25, 0.3) is 0 Å². The van der Waals surface area contributed by atoms with E-state index in [0.717, 1.165) is 68.2 Å². The first kappa shape index (κ1) is 26.8. The van der Waals surface area contributed by atoms with Gasteiger partial charge in [0.1, 0.15) is 6.29 Å². The van der Waals surface area contributed by atoms with Crippen molar-refractivity contribution in [3.63, 3.8) is 0 Å². The minimum Gasteiger partial charge on any atom is -0.388 e. The molecule has 6 heteroatoms. The molecule has 2 aromatic carbocycles. The molecule has 2 bridgehead atoms. The summed E-state index contributed by atoms with van der Waals surface area (Å²) in [6.07, 6.45) is 9.25. The van der Waals surface area contributed by atoms with Crippen LogP contribution in [0.4, 0.5) is 11.4 Å². The summed E-state index contributed by atoms with van der Waals surface area (Å²) in [5.74, 6) is 0.908. The molecule has 6 rings (SSSR count). The van der Waals surface area contributed by atoms with E-state index in [2.05, 4.69) is 84.0 Å². The van der Waals surface area contributed by atoms with E-state index in [1.165, 1.54) is 59.2 Å². The molecule has 2 aliphatic carbocycles. The number of carbonyl (C=O) groups excluding carboxylic acids is 1. The van der Waals surface area contributed by atoms with Crippen LogP contribution in [-0.4, -0.2) is 40.9 Å². The van der Waals surface area contributed by atoms with Crippen LogP contribution in [0.3, 0.4) is 0 Å². The maximum atomic E-state index is 11.7. The van der Waals surface area contributed by atoms with Crippen LogP contribution in [-0.2, 0) is 24.8 Å². The van der Waals surface area contributed by atoms with Crippen molar-refractivity contribution in [3.8, 4) is 11.1 Å². The molecule has 2 heterocycles. The van der Waals surface area contributed by atoms with Gasteiger partial charge in [-0.3, -0.25) is 4.90 Å². The van der Waals surface area contributed by atoms with Crippen LogP contribution in [0, 0.1) is 24.7 Å². The van der Waals surface area contributed by atoms with Gasteiger partial charge in [-0.25, -0.2) is 4.98 Å². The molecule has 0 amide bonds. The minimum absolute atomic E-state index is 0.00572. The third-order valence-corrected chi connectivity index (χ3v) is 10.4. The minimum atomic E-state index is 0.00572. The van der Waals surface area contributed by atoms with Crippen LogP contribution < -0.4 is 10.6 Å². The van der Waals surface area contributed by atoms with Crippen molar-refractivity contribution in [3.05, 3.63) is 71.3 Å². The van der Waals surface area contributed by atoms with Crippen LogP contribution in [0.1, 0.15) is 66.9 Å². The zero-order valence-corrected chi connectivity index (χ0v) is 24.6. The number of aldehydes is 1. The quantitative estimate of drug-likeness (QED) is 0.297. The van der Waals surface area contributed by atoms with E-state index in [0.29, 0.717) is 5.41 Å². The third-order valence-electron chi connectivity index (χ3n) is 10.4. The molecule has 3 aliphatic rings. The van der Waals surface area contributed by atoms with Gasteiger partial charge in [-0.2, -0.15) is 0 Å². The molecular formula is C34H43N5O. The van der Waals surface area contributed by atoms with E-state index in [4.69, 9.17) is 4.98 Å². The van der Waals surface area contributed by atoms with Gasteiger partial charge in [-0.1, -0.05) is 30.8 Å². The molecule has 3 aromatic rings. The second-order valence-electron chi connectivity index (χ2n) is 12.6. The van der Waals surface area contributed by atoms with Crippen molar-refractivity contribution in [2.45, 2.75) is 65.3 Å². The maximum Gasteiger partial charge on any atom is 0.156 e. The maximum absolute atomic E-state index is 11.7. The normalized spacial score (nSPS) is 23.7. The lowest BCUT2D eigenvalue weighted by Crippen LogP contribution is -2.34. The Morgan fingerprint density at radius 2 is 1.73 bits per heavy atom. The second-order valence-corrected chi connectivity index (χ2v) is 12.6. The highest BCUT2D eigenvalue weighted by atomic mass is 16.1. The van der Waals surface area contributed by atoms with Gasteiger partial charge >= 0.3 is 0 Å². The predicted molar refractivity (Wildman–Crippen MR) is 164 cm³/mol. The molecule has 1 aromatic heterocycles. The van der Waals surface area contributed by atoms with E-state index < -0.39 is 0 Å². The predicted octanol–water partition coefficient (Wildman–Crippen LogP) is 6.73. The number of benzene rings is 2. The highest BCUT2D eigenvalue weighted by molar-refractivity contribution is 5.82. The third kappa shape index (κ3) is 4.56. The fraction of sp³-hybridized carbons (Fsp3) is 0.471. The van der Waals surface area contributed by atoms with Crippen LogP contribution in [0.15, 0.2) is 43.0 Å². The lowest BCUT2D eigenvalue weighted by atomic mass is 9.80. The zero-order valence-electron chi connectivity index (χ0n) is 24.6. The Morgan fingerprint density at radius 3 is 2.38 bits per heavy atom. The molecule has 1 aliphatic heterocycles. The largest absolute Gasteiger partial charge is 0.388 e. The molecule has 0 atom stereocenters. The first-order chi connectivity index (χ1) is 19.3. The first-order valence-corrected chi connectivity index (χ1v) is 14.8. The van der Waals surface area contributed by atoms with Crippen LogP contribution in [0.25, 0.3) is 16.8 Å². The summed E-state index contributed by atoms with van der Waals surface area (Å²) in [6, 6.07) is 12.8. The van der Waals surface area contributed by atoms with Gasteiger partial charge in [0.05, 0.1) is 11.4 Å². The van der Waals surface area contributed by atoms with Crippen LogP contribution in [0.2, 0.25) is 0 Å². The summed E-state index contributed by atoms with van der Waals surface area (Å²) in [5, 5.41) is 6.90. The summed E-state index contributed by atoms with van der Waals surface area (Å²) in [6.45, 7) is 11.8. The van der Waals surface area contributed by atoms with E-state index in [-0.39, 0.29) is 5.41 Å². The Balaban J connectivity index is 1.15. The standard InChI is InChI=1S/C34H43N5O/c1-23-26(8-6-10-28(23)35-4)27-9-7-11-29(24(27)2)36-25(3)32-37-30-20-39(18-12-31(30)38(32)5)19-17-33-13-15-34(21-33,22-40)16-14-33/h6-11,22,35-36H,3,12-21H2,1-2,4-5H3. The van der Waals surface area contributed by atoms with Crippen LogP contribution >= 0.6 is 0 Å². The number of anilines is 2. The molecular weight excluding hydrogens is 494 g/mol. The molecule has 0 radical (unpaired) electrons. The van der Waals surface area contributed by atoms with E-state index in [1.54, 1.807) is 0 Å². The average molecular weight is 538 g/mol. The fourth-order valence-electron chi connectivity index (χ4n) is 7.79. The Bertz CT molecular complexity index is 1460. The Labute approximate surface area is 238 Å². The van der Waals surface area contributed by atoms with Gasteiger partial charge in [-0.15, -0.1) is 0 Å². The molecule has 0 saturated heterocycles. The number of imidazole rings is 1. The van der Waals surface area contributed by atoms with Gasteiger partial charge in [-0.05, 0) is 98.7 Å². The van der Waals surface area contributed by atoms with E-state index in [1.807, 2.05) is 7.05 Å². The van der Waals surface area contributed by atoms with Gasteiger partial charge in [0.2, 0.25) is 0 Å². The lowest BCUT2D eigenvalue weighted by Gasteiger charge is -2.32. The number of hydrogen-bond acceptors (Lipinski definition) is 5. The molecule has 40 heavy (non-hydrogen) atoms. The van der Waals surface area contributed by atoms with Crippen LogP contribution in [0.5, 0.6) is 0 Å². The highest BCUT2D eigenvalue weighted by Gasteiger charge is 2.53. The Morgan fingerprint density at radius 1 is 1.05 bits per heavy atom. The SMILES string of the molecule is C=C(Nc1cccc(-c2cccc(NC)c2C)c1C)c1nc2c(n1C)CCN(CCC13CCC(C=O)(CC1)C3)C2. The van der Waals surface area contributed by atoms with Crippen molar-refractivity contribution < 1.29 is 4.79 Å². The van der Waals surface area contributed by atoms with Crippen molar-refractivity contribution in [1.82, 2.24) is 14.5 Å².